The molecule has 1 atom stereocenters. The van der Waals surface area contributed by atoms with Gasteiger partial charge in [-0.3, -0.25) is 4.98 Å². The fourth-order valence-electron chi connectivity index (χ4n) is 2.50. The zero-order chi connectivity index (χ0) is 14.7. The Labute approximate surface area is 133 Å². The highest BCUT2D eigenvalue weighted by Gasteiger charge is 2.06. The summed E-state index contributed by atoms with van der Waals surface area (Å²) in [6.07, 6.45) is 3.76. The van der Waals surface area contributed by atoms with Gasteiger partial charge in [0, 0.05) is 34.8 Å². The maximum absolute atomic E-state index is 4.18. The molecular weight excluding hydrogens is 324 g/mol. The number of rotatable bonds is 4. The fraction of sp³-hybridized carbons (Fsp3) is 0.167. The number of benzene rings is 2. The Kier molecular flexibility index (Phi) is 4.32. The maximum atomic E-state index is 4.18. The highest BCUT2D eigenvalue weighted by molar-refractivity contribution is 9.10. The second kappa shape index (κ2) is 6.37. The molecule has 3 aromatic rings. The molecule has 0 saturated carbocycles. The van der Waals surface area contributed by atoms with E-state index in [0.717, 1.165) is 11.0 Å². The van der Waals surface area contributed by atoms with Crippen LogP contribution in [0.25, 0.3) is 10.8 Å². The van der Waals surface area contributed by atoms with Gasteiger partial charge in [0.15, 0.2) is 0 Å². The molecule has 2 aromatic carbocycles. The minimum absolute atomic E-state index is 0.305. The van der Waals surface area contributed by atoms with E-state index in [4.69, 9.17) is 0 Å². The first kappa shape index (κ1) is 14.2. The summed E-state index contributed by atoms with van der Waals surface area (Å²) in [5.74, 6) is 0. The molecule has 0 amide bonds. The van der Waals surface area contributed by atoms with Crippen LogP contribution in [0, 0.1) is 0 Å². The first-order valence-corrected chi connectivity index (χ1v) is 7.84. The van der Waals surface area contributed by atoms with Crippen molar-refractivity contribution in [2.45, 2.75) is 19.5 Å². The van der Waals surface area contributed by atoms with Gasteiger partial charge < -0.3 is 5.32 Å². The van der Waals surface area contributed by atoms with E-state index in [2.05, 4.69) is 75.6 Å². The Morgan fingerprint density at radius 2 is 2.00 bits per heavy atom. The van der Waals surface area contributed by atoms with Gasteiger partial charge in [-0.1, -0.05) is 46.3 Å². The molecule has 106 valence electrons. The van der Waals surface area contributed by atoms with Crippen LogP contribution in [0.5, 0.6) is 0 Å². The first-order valence-electron chi connectivity index (χ1n) is 7.04. The van der Waals surface area contributed by atoms with Crippen LogP contribution in [0.2, 0.25) is 0 Å². The largest absolute Gasteiger partial charge is 0.306 e. The van der Waals surface area contributed by atoms with E-state index in [1.165, 1.54) is 21.9 Å². The van der Waals surface area contributed by atoms with Crippen molar-refractivity contribution in [3.05, 3.63) is 76.5 Å². The van der Waals surface area contributed by atoms with Crippen molar-refractivity contribution in [3.63, 3.8) is 0 Å². The van der Waals surface area contributed by atoms with E-state index in [0.29, 0.717) is 6.04 Å². The molecule has 0 aliphatic carbocycles. The van der Waals surface area contributed by atoms with E-state index in [1.807, 2.05) is 18.5 Å². The third kappa shape index (κ3) is 3.31. The summed E-state index contributed by atoms with van der Waals surface area (Å²) in [6.45, 7) is 3.03. The normalized spacial score (nSPS) is 12.5. The van der Waals surface area contributed by atoms with Crippen LogP contribution < -0.4 is 5.32 Å². The van der Waals surface area contributed by atoms with Crippen molar-refractivity contribution in [1.82, 2.24) is 10.3 Å². The van der Waals surface area contributed by atoms with Crippen molar-refractivity contribution >= 4 is 26.7 Å². The number of halogens is 1. The summed E-state index contributed by atoms with van der Waals surface area (Å²) in [5, 5.41) is 6.05. The van der Waals surface area contributed by atoms with Crippen LogP contribution in [-0.2, 0) is 6.54 Å². The fourth-order valence-corrected chi connectivity index (χ4v) is 2.92. The maximum Gasteiger partial charge on any atom is 0.0346 e. The lowest BCUT2D eigenvalue weighted by molar-refractivity contribution is 0.576. The Morgan fingerprint density at radius 1 is 1.14 bits per heavy atom. The summed E-state index contributed by atoms with van der Waals surface area (Å²) in [6, 6.07) is 17.2. The molecule has 3 heteroatoms. The molecular formula is C18H17BrN2. The monoisotopic (exact) mass is 340 g/mol. The minimum Gasteiger partial charge on any atom is -0.306 e. The molecule has 0 aliphatic rings. The smallest absolute Gasteiger partial charge is 0.0346 e. The van der Waals surface area contributed by atoms with Crippen LogP contribution in [0.3, 0.4) is 0 Å². The summed E-state index contributed by atoms with van der Waals surface area (Å²) >= 11 is 3.52. The average Bonchev–Trinajstić information content (AvgIpc) is 2.52. The number of fused-ring (bicyclic) bond motifs is 1. The third-order valence-electron chi connectivity index (χ3n) is 3.72. The molecule has 1 heterocycles. The van der Waals surface area contributed by atoms with Crippen LogP contribution in [-0.4, -0.2) is 4.98 Å². The zero-order valence-electron chi connectivity index (χ0n) is 11.9. The van der Waals surface area contributed by atoms with Crippen LogP contribution in [0.15, 0.2) is 65.4 Å². The number of pyridine rings is 1. The Balaban J connectivity index is 1.77. The lowest BCUT2D eigenvalue weighted by Gasteiger charge is -2.15. The van der Waals surface area contributed by atoms with Gasteiger partial charge in [0.2, 0.25) is 0 Å². The number of hydrogen-bond acceptors (Lipinski definition) is 2. The van der Waals surface area contributed by atoms with Gasteiger partial charge in [0.1, 0.15) is 0 Å². The van der Waals surface area contributed by atoms with Crippen LogP contribution in [0.4, 0.5) is 0 Å². The molecule has 1 aromatic heterocycles. The molecule has 0 saturated heterocycles. The standard InChI is InChI=1S/C18H17BrN2/c1-13(14-4-3-7-17(19)10-14)21-12-16-6-2-5-15-11-20-9-8-18(15)16/h2-11,13,21H,12H2,1H3/t13-/m1/s1. The molecule has 0 spiro atoms. The van der Waals surface area contributed by atoms with Gasteiger partial charge in [-0.2, -0.15) is 0 Å². The summed E-state index contributed by atoms with van der Waals surface area (Å²) in [7, 11) is 0. The van der Waals surface area contributed by atoms with Crippen molar-refractivity contribution in [2.24, 2.45) is 0 Å². The Bertz CT molecular complexity index is 750. The number of nitrogens with zero attached hydrogens (tertiary/aromatic N) is 1. The van der Waals surface area contributed by atoms with Gasteiger partial charge in [-0.15, -0.1) is 0 Å². The van der Waals surface area contributed by atoms with Gasteiger partial charge in [0.05, 0.1) is 0 Å². The quantitative estimate of drug-likeness (QED) is 0.734. The topological polar surface area (TPSA) is 24.9 Å². The lowest BCUT2D eigenvalue weighted by Crippen LogP contribution is -2.18. The zero-order valence-corrected chi connectivity index (χ0v) is 13.5. The van der Waals surface area contributed by atoms with Gasteiger partial charge in [-0.05, 0) is 41.6 Å². The average molecular weight is 341 g/mol. The van der Waals surface area contributed by atoms with E-state index in [1.54, 1.807) is 0 Å². The van der Waals surface area contributed by atoms with Gasteiger partial charge in [-0.25, -0.2) is 0 Å². The Morgan fingerprint density at radius 3 is 2.86 bits per heavy atom. The van der Waals surface area contributed by atoms with Crippen molar-refractivity contribution in [1.29, 1.82) is 0 Å². The highest BCUT2D eigenvalue weighted by atomic mass is 79.9. The van der Waals surface area contributed by atoms with E-state index in [-0.39, 0.29) is 0 Å². The lowest BCUT2D eigenvalue weighted by atomic mass is 10.1. The Hall–Kier alpha value is -1.71. The molecule has 1 N–H and O–H groups in total. The number of hydrogen-bond donors (Lipinski definition) is 1. The van der Waals surface area contributed by atoms with Crippen molar-refractivity contribution < 1.29 is 0 Å². The molecule has 0 fully saturated rings. The van der Waals surface area contributed by atoms with Crippen molar-refractivity contribution in [3.8, 4) is 0 Å². The molecule has 3 rings (SSSR count). The second-order valence-corrected chi connectivity index (χ2v) is 6.09. The summed E-state index contributed by atoms with van der Waals surface area (Å²) in [4.78, 5) is 4.18. The summed E-state index contributed by atoms with van der Waals surface area (Å²) < 4.78 is 1.12. The predicted octanol–water partition coefficient (Wildman–Crippen LogP) is 4.85. The van der Waals surface area contributed by atoms with E-state index < -0.39 is 0 Å². The molecule has 0 radical (unpaired) electrons. The minimum atomic E-state index is 0.305. The number of aromatic nitrogens is 1. The van der Waals surface area contributed by atoms with Crippen molar-refractivity contribution in [2.75, 3.05) is 0 Å². The first-order chi connectivity index (χ1) is 10.2. The van der Waals surface area contributed by atoms with Gasteiger partial charge >= 0.3 is 0 Å². The number of nitrogens with one attached hydrogen (secondary N) is 1. The predicted molar refractivity (Wildman–Crippen MR) is 91.1 cm³/mol. The van der Waals surface area contributed by atoms with Gasteiger partial charge in [0.25, 0.3) is 0 Å². The second-order valence-electron chi connectivity index (χ2n) is 5.17. The molecule has 0 unspecified atom stereocenters. The summed E-state index contributed by atoms with van der Waals surface area (Å²) in [5.41, 5.74) is 2.59. The molecule has 0 bridgehead atoms. The SMILES string of the molecule is C[C@@H](NCc1cccc2cnccc12)c1cccc(Br)c1. The van der Waals surface area contributed by atoms with E-state index in [9.17, 15) is 0 Å². The van der Waals surface area contributed by atoms with Crippen LogP contribution >= 0.6 is 15.9 Å². The molecule has 0 aliphatic heterocycles. The third-order valence-corrected chi connectivity index (χ3v) is 4.21. The molecule has 21 heavy (non-hydrogen) atoms. The molecule has 2 nitrogen and oxygen atoms in total. The van der Waals surface area contributed by atoms with E-state index >= 15 is 0 Å². The highest BCUT2D eigenvalue weighted by Crippen LogP contribution is 2.20. The van der Waals surface area contributed by atoms with Crippen LogP contribution in [0.1, 0.15) is 24.1 Å².